The normalized spacial score (nSPS) is 10.5. The third-order valence-corrected chi connectivity index (χ3v) is 4.14. The van der Waals surface area contributed by atoms with E-state index in [0.29, 0.717) is 0 Å². The van der Waals surface area contributed by atoms with Crippen molar-refractivity contribution in [2.75, 3.05) is 11.9 Å². The van der Waals surface area contributed by atoms with Crippen molar-refractivity contribution in [3.8, 4) is 0 Å². The van der Waals surface area contributed by atoms with Gasteiger partial charge in [-0.1, -0.05) is 12.1 Å². The second-order valence-electron chi connectivity index (χ2n) is 3.76. The highest BCUT2D eigenvalue weighted by atomic mass is 79.9. The fraction of sp³-hybridized carbons (Fsp3) is 0.231. The number of nitrogens with one attached hydrogen (secondary N) is 1. The van der Waals surface area contributed by atoms with Crippen molar-refractivity contribution in [1.29, 1.82) is 0 Å². The van der Waals surface area contributed by atoms with E-state index >= 15 is 0 Å². The van der Waals surface area contributed by atoms with Crippen LogP contribution in [-0.2, 0) is 13.0 Å². The van der Waals surface area contributed by atoms with E-state index in [0.717, 1.165) is 28.7 Å². The van der Waals surface area contributed by atoms with Gasteiger partial charge in [-0.3, -0.25) is 0 Å². The lowest BCUT2D eigenvalue weighted by atomic mass is 10.1. The van der Waals surface area contributed by atoms with Crippen molar-refractivity contribution in [1.82, 2.24) is 0 Å². The van der Waals surface area contributed by atoms with Crippen molar-refractivity contribution >= 4 is 33.0 Å². The molecule has 2 nitrogen and oxygen atoms in total. The van der Waals surface area contributed by atoms with E-state index in [1.54, 1.807) is 11.3 Å². The van der Waals surface area contributed by atoms with Crippen LogP contribution in [0.5, 0.6) is 0 Å². The Morgan fingerprint density at radius 1 is 1.24 bits per heavy atom. The Kier molecular flexibility index (Phi) is 4.59. The summed E-state index contributed by atoms with van der Waals surface area (Å²) >= 11 is 5.18. The molecule has 0 unspecified atom stereocenters. The zero-order valence-corrected chi connectivity index (χ0v) is 11.7. The van der Waals surface area contributed by atoms with Crippen LogP contribution in [0.25, 0.3) is 0 Å². The molecule has 0 fully saturated rings. The minimum atomic E-state index is 0.204. The van der Waals surface area contributed by atoms with Crippen LogP contribution in [0.2, 0.25) is 0 Å². The fourth-order valence-electron chi connectivity index (χ4n) is 1.55. The first kappa shape index (κ1) is 12.6. The van der Waals surface area contributed by atoms with E-state index < -0.39 is 0 Å². The molecule has 90 valence electrons. The zero-order valence-electron chi connectivity index (χ0n) is 9.32. The molecule has 2 aromatic rings. The molecular formula is C13H14BrNOS. The fourth-order valence-corrected chi connectivity index (χ4v) is 2.94. The highest BCUT2D eigenvalue weighted by molar-refractivity contribution is 9.10. The molecule has 0 aliphatic rings. The molecule has 0 amide bonds. The Hall–Kier alpha value is -0.840. The Morgan fingerprint density at radius 3 is 2.59 bits per heavy atom. The van der Waals surface area contributed by atoms with Gasteiger partial charge in [0.05, 0.1) is 0 Å². The van der Waals surface area contributed by atoms with Crippen molar-refractivity contribution in [2.24, 2.45) is 0 Å². The molecule has 2 rings (SSSR count). The monoisotopic (exact) mass is 311 g/mol. The Morgan fingerprint density at radius 2 is 2.00 bits per heavy atom. The SMILES string of the molecule is OCCc1ccc(NCc2cc(Br)cs2)cc1. The molecule has 1 aromatic carbocycles. The molecule has 1 heterocycles. The molecule has 0 saturated carbocycles. The van der Waals surface area contributed by atoms with Gasteiger partial charge < -0.3 is 10.4 Å². The number of anilines is 1. The number of thiophene rings is 1. The smallest absolute Gasteiger partial charge is 0.0494 e. The van der Waals surface area contributed by atoms with Gasteiger partial charge in [0.1, 0.15) is 0 Å². The van der Waals surface area contributed by atoms with Gasteiger partial charge in [-0.15, -0.1) is 11.3 Å². The number of hydrogen-bond donors (Lipinski definition) is 2. The molecule has 0 aliphatic heterocycles. The summed E-state index contributed by atoms with van der Waals surface area (Å²) in [5.74, 6) is 0. The molecule has 0 aliphatic carbocycles. The van der Waals surface area contributed by atoms with Crippen LogP contribution in [-0.4, -0.2) is 11.7 Å². The molecule has 2 N–H and O–H groups in total. The van der Waals surface area contributed by atoms with E-state index in [-0.39, 0.29) is 6.61 Å². The van der Waals surface area contributed by atoms with Crippen LogP contribution in [0, 0.1) is 0 Å². The number of hydrogen-bond acceptors (Lipinski definition) is 3. The Bertz CT molecular complexity index is 467. The predicted molar refractivity (Wildman–Crippen MR) is 76.6 cm³/mol. The zero-order chi connectivity index (χ0) is 12.1. The minimum absolute atomic E-state index is 0.204. The van der Waals surface area contributed by atoms with Crippen LogP contribution in [0.3, 0.4) is 0 Å². The summed E-state index contributed by atoms with van der Waals surface area (Å²) in [5, 5.41) is 14.3. The third-order valence-electron chi connectivity index (χ3n) is 2.44. The third kappa shape index (κ3) is 3.84. The molecule has 4 heteroatoms. The summed E-state index contributed by atoms with van der Waals surface area (Å²) in [4.78, 5) is 1.30. The average molecular weight is 312 g/mol. The first-order valence-electron chi connectivity index (χ1n) is 5.44. The lowest BCUT2D eigenvalue weighted by Gasteiger charge is -2.05. The van der Waals surface area contributed by atoms with E-state index in [9.17, 15) is 0 Å². The van der Waals surface area contributed by atoms with Crippen LogP contribution in [0.4, 0.5) is 5.69 Å². The maximum absolute atomic E-state index is 8.82. The van der Waals surface area contributed by atoms with Gasteiger partial charge in [-0.25, -0.2) is 0 Å². The molecule has 1 aromatic heterocycles. The Balaban J connectivity index is 1.90. The Labute approximate surface area is 113 Å². The van der Waals surface area contributed by atoms with Gasteiger partial charge in [0, 0.05) is 33.6 Å². The van der Waals surface area contributed by atoms with Crippen molar-refractivity contribution in [3.63, 3.8) is 0 Å². The maximum atomic E-state index is 8.82. The summed E-state index contributed by atoms with van der Waals surface area (Å²) in [7, 11) is 0. The summed E-state index contributed by atoms with van der Waals surface area (Å²) in [5.41, 5.74) is 2.27. The molecule has 0 radical (unpaired) electrons. The topological polar surface area (TPSA) is 32.3 Å². The highest BCUT2D eigenvalue weighted by Gasteiger charge is 1.98. The second kappa shape index (κ2) is 6.19. The molecule has 0 bridgehead atoms. The number of aliphatic hydroxyl groups is 1. The summed E-state index contributed by atoms with van der Waals surface area (Å²) in [6.45, 7) is 1.05. The molecular weight excluding hydrogens is 298 g/mol. The van der Waals surface area contributed by atoms with Gasteiger partial charge in [-0.2, -0.15) is 0 Å². The van der Waals surface area contributed by atoms with Crippen LogP contribution in [0.1, 0.15) is 10.4 Å². The van der Waals surface area contributed by atoms with Crippen LogP contribution < -0.4 is 5.32 Å². The summed E-state index contributed by atoms with van der Waals surface area (Å²) in [6.07, 6.45) is 0.720. The standard InChI is InChI=1S/C13H14BrNOS/c14-11-7-13(17-9-11)8-15-12-3-1-10(2-4-12)5-6-16/h1-4,7,9,15-16H,5-6,8H2. The van der Waals surface area contributed by atoms with E-state index in [1.165, 1.54) is 4.88 Å². The first-order chi connectivity index (χ1) is 8.28. The van der Waals surface area contributed by atoms with Gasteiger partial charge in [0.15, 0.2) is 0 Å². The molecule has 0 spiro atoms. The average Bonchev–Trinajstić information content (AvgIpc) is 2.75. The molecule has 17 heavy (non-hydrogen) atoms. The quantitative estimate of drug-likeness (QED) is 0.883. The highest BCUT2D eigenvalue weighted by Crippen LogP contribution is 2.21. The predicted octanol–water partition coefficient (Wildman–Crippen LogP) is 3.66. The van der Waals surface area contributed by atoms with E-state index in [2.05, 4.69) is 32.7 Å². The number of halogens is 1. The van der Waals surface area contributed by atoms with Crippen LogP contribution in [0.15, 0.2) is 40.2 Å². The maximum Gasteiger partial charge on any atom is 0.0494 e. The van der Waals surface area contributed by atoms with Crippen molar-refractivity contribution < 1.29 is 5.11 Å². The van der Waals surface area contributed by atoms with E-state index in [4.69, 9.17) is 5.11 Å². The first-order valence-corrected chi connectivity index (χ1v) is 7.12. The largest absolute Gasteiger partial charge is 0.396 e. The second-order valence-corrected chi connectivity index (χ2v) is 5.67. The van der Waals surface area contributed by atoms with Gasteiger partial charge in [0.25, 0.3) is 0 Å². The number of aliphatic hydroxyl groups excluding tert-OH is 1. The minimum Gasteiger partial charge on any atom is -0.396 e. The number of benzene rings is 1. The van der Waals surface area contributed by atoms with Crippen LogP contribution >= 0.6 is 27.3 Å². The van der Waals surface area contributed by atoms with Gasteiger partial charge in [0.2, 0.25) is 0 Å². The van der Waals surface area contributed by atoms with Gasteiger partial charge >= 0.3 is 0 Å². The van der Waals surface area contributed by atoms with Crippen molar-refractivity contribution in [2.45, 2.75) is 13.0 Å². The lowest BCUT2D eigenvalue weighted by Crippen LogP contribution is -1.97. The molecule has 0 atom stereocenters. The van der Waals surface area contributed by atoms with E-state index in [1.807, 2.05) is 24.3 Å². The van der Waals surface area contributed by atoms with Gasteiger partial charge in [-0.05, 0) is 46.1 Å². The lowest BCUT2D eigenvalue weighted by molar-refractivity contribution is 0.299. The van der Waals surface area contributed by atoms with Crippen molar-refractivity contribution in [3.05, 3.63) is 50.6 Å². The summed E-state index contributed by atoms with van der Waals surface area (Å²) < 4.78 is 1.14. The molecule has 0 saturated heterocycles. The summed E-state index contributed by atoms with van der Waals surface area (Å²) in [6, 6.07) is 10.3. The number of rotatable bonds is 5.